The Kier molecular flexibility index (Phi) is 5.71. The maximum absolute atomic E-state index is 12.6. The van der Waals surface area contributed by atoms with Crippen molar-refractivity contribution < 1.29 is 14.3 Å². The van der Waals surface area contributed by atoms with Crippen molar-refractivity contribution in [3.8, 4) is 17.2 Å². The molecular formula is C25H20N2O3. The quantitative estimate of drug-likeness (QED) is 0.329. The average Bonchev–Trinajstić information content (AvgIpc) is 3.34. The maximum Gasteiger partial charge on any atom is 0.343 e. The lowest BCUT2D eigenvalue weighted by atomic mass is 10.1. The highest BCUT2D eigenvalue weighted by Crippen LogP contribution is 2.29. The van der Waals surface area contributed by atoms with E-state index in [-0.39, 0.29) is 0 Å². The van der Waals surface area contributed by atoms with Gasteiger partial charge in [-0.15, -0.1) is 0 Å². The van der Waals surface area contributed by atoms with E-state index in [4.69, 9.17) is 9.47 Å². The first-order valence-corrected chi connectivity index (χ1v) is 9.46. The summed E-state index contributed by atoms with van der Waals surface area (Å²) in [5, 5.41) is 0. The molecule has 4 aromatic rings. The number of benzene rings is 2. The Morgan fingerprint density at radius 2 is 1.70 bits per heavy atom. The Bertz CT molecular complexity index is 1150. The van der Waals surface area contributed by atoms with Gasteiger partial charge in [-0.25, -0.2) is 4.79 Å². The molecule has 0 atom stereocenters. The van der Waals surface area contributed by atoms with Gasteiger partial charge in [0.2, 0.25) is 0 Å². The molecule has 2 aromatic heterocycles. The van der Waals surface area contributed by atoms with Crippen molar-refractivity contribution in [3.63, 3.8) is 0 Å². The van der Waals surface area contributed by atoms with Gasteiger partial charge in [0.25, 0.3) is 0 Å². The van der Waals surface area contributed by atoms with Crippen molar-refractivity contribution in [2.24, 2.45) is 0 Å². The van der Waals surface area contributed by atoms with Crippen LogP contribution in [0.5, 0.6) is 11.5 Å². The summed E-state index contributed by atoms with van der Waals surface area (Å²) in [5.41, 5.74) is 3.20. The third kappa shape index (κ3) is 4.47. The number of rotatable bonds is 6. The molecular weight excluding hydrogens is 376 g/mol. The summed E-state index contributed by atoms with van der Waals surface area (Å²) in [6.45, 7) is 0. The van der Waals surface area contributed by atoms with E-state index in [1.54, 1.807) is 31.5 Å². The van der Waals surface area contributed by atoms with Crippen molar-refractivity contribution >= 4 is 18.1 Å². The summed E-state index contributed by atoms with van der Waals surface area (Å²) in [5.74, 6) is 0.409. The monoisotopic (exact) mass is 396 g/mol. The van der Waals surface area contributed by atoms with Gasteiger partial charge in [0.15, 0.2) is 11.5 Å². The minimum absolute atomic E-state index is 0.368. The second-order valence-electron chi connectivity index (χ2n) is 6.52. The number of esters is 1. The van der Waals surface area contributed by atoms with Crippen LogP contribution in [0.3, 0.4) is 0 Å². The van der Waals surface area contributed by atoms with Crippen LogP contribution in [0.15, 0.2) is 91.4 Å². The fourth-order valence-corrected chi connectivity index (χ4v) is 2.96. The number of pyridine rings is 1. The van der Waals surface area contributed by atoms with E-state index in [0.29, 0.717) is 17.1 Å². The first-order chi connectivity index (χ1) is 14.7. The third-order valence-electron chi connectivity index (χ3n) is 4.53. The van der Waals surface area contributed by atoms with Crippen molar-refractivity contribution in [2.45, 2.75) is 0 Å². The molecule has 5 heteroatoms. The fourth-order valence-electron chi connectivity index (χ4n) is 2.96. The zero-order chi connectivity index (χ0) is 20.8. The molecule has 0 radical (unpaired) electrons. The number of ether oxygens (including phenoxy) is 2. The first-order valence-electron chi connectivity index (χ1n) is 9.46. The first kappa shape index (κ1) is 19.2. The lowest BCUT2D eigenvalue weighted by Gasteiger charge is -2.10. The minimum Gasteiger partial charge on any atom is -0.493 e. The van der Waals surface area contributed by atoms with Gasteiger partial charge < -0.3 is 14.0 Å². The molecule has 4 rings (SSSR count). The highest BCUT2D eigenvalue weighted by Gasteiger charge is 2.13. The maximum atomic E-state index is 12.6. The van der Waals surface area contributed by atoms with Crippen LogP contribution in [-0.2, 0) is 0 Å². The van der Waals surface area contributed by atoms with Gasteiger partial charge in [0.05, 0.1) is 18.4 Å². The highest BCUT2D eigenvalue weighted by atomic mass is 16.6. The molecule has 0 aliphatic carbocycles. The molecule has 0 aliphatic rings. The van der Waals surface area contributed by atoms with Gasteiger partial charge in [-0.3, -0.25) is 4.98 Å². The van der Waals surface area contributed by atoms with E-state index in [9.17, 15) is 4.79 Å². The number of hydrogen-bond donors (Lipinski definition) is 0. The van der Waals surface area contributed by atoms with Crippen LogP contribution in [0.25, 0.3) is 17.8 Å². The predicted molar refractivity (Wildman–Crippen MR) is 117 cm³/mol. The fraction of sp³-hybridized carbons (Fsp3) is 0.0400. The van der Waals surface area contributed by atoms with E-state index < -0.39 is 5.97 Å². The molecule has 148 valence electrons. The van der Waals surface area contributed by atoms with Gasteiger partial charge in [-0.1, -0.05) is 18.2 Å². The van der Waals surface area contributed by atoms with Crippen molar-refractivity contribution in [2.75, 3.05) is 7.11 Å². The third-order valence-corrected chi connectivity index (χ3v) is 4.53. The lowest BCUT2D eigenvalue weighted by Crippen LogP contribution is -2.09. The number of nitrogens with zero attached hydrogens (tertiary/aromatic N) is 2. The van der Waals surface area contributed by atoms with E-state index >= 15 is 0 Å². The van der Waals surface area contributed by atoms with E-state index in [2.05, 4.69) is 4.98 Å². The molecule has 0 fully saturated rings. The summed E-state index contributed by atoms with van der Waals surface area (Å²) in [6.07, 6.45) is 9.47. The second kappa shape index (κ2) is 8.92. The molecule has 2 heterocycles. The zero-order valence-electron chi connectivity index (χ0n) is 16.4. The molecule has 0 saturated heterocycles. The van der Waals surface area contributed by atoms with Crippen LogP contribution in [0, 0.1) is 0 Å². The Balaban J connectivity index is 1.48. The van der Waals surface area contributed by atoms with Crippen molar-refractivity contribution in [1.82, 2.24) is 9.55 Å². The topological polar surface area (TPSA) is 53.4 Å². The van der Waals surface area contributed by atoms with Crippen molar-refractivity contribution in [1.29, 1.82) is 0 Å². The summed E-state index contributed by atoms with van der Waals surface area (Å²) >= 11 is 0. The molecule has 0 saturated carbocycles. The summed E-state index contributed by atoms with van der Waals surface area (Å²) in [6, 6.07) is 22.3. The molecule has 2 aromatic carbocycles. The molecule has 0 spiro atoms. The van der Waals surface area contributed by atoms with Gasteiger partial charge in [0.1, 0.15) is 0 Å². The molecule has 0 bridgehead atoms. The van der Waals surface area contributed by atoms with Crippen LogP contribution in [0.4, 0.5) is 0 Å². The Labute approximate surface area is 174 Å². The van der Waals surface area contributed by atoms with Gasteiger partial charge in [-0.2, -0.15) is 0 Å². The summed E-state index contributed by atoms with van der Waals surface area (Å²) < 4.78 is 12.9. The molecule has 0 unspecified atom stereocenters. The van der Waals surface area contributed by atoms with Gasteiger partial charge in [-0.05, 0) is 72.3 Å². The SMILES string of the molecule is COc1cc(/C=C/c2ccccn2)ccc1OC(=O)c1ccc(-n2cccc2)cc1. The number of methoxy groups -OCH3 is 1. The molecule has 0 aliphatic heterocycles. The van der Waals surface area contributed by atoms with E-state index in [1.165, 1.54) is 0 Å². The standard InChI is InChI=1S/C25H20N2O3/c1-29-24-18-19(7-11-21-6-2-3-15-26-21)8-14-23(24)30-25(28)20-9-12-22(13-10-20)27-16-4-5-17-27/h2-18H,1H3/b11-7+. The minimum atomic E-state index is -0.441. The lowest BCUT2D eigenvalue weighted by molar-refractivity contribution is 0.0729. The van der Waals surface area contributed by atoms with Crippen molar-refractivity contribution in [3.05, 3.63) is 108 Å². The number of carbonyl (C=O) groups is 1. The van der Waals surface area contributed by atoms with Crippen LogP contribution in [0.1, 0.15) is 21.6 Å². The smallest absolute Gasteiger partial charge is 0.343 e. The Hall–Kier alpha value is -4.12. The zero-order valence-corrected chi connectivity index (χ0v) is 16.4. The molecule has 0 N–H and O–H groups in total. The predicted octanol–water partition coefficient (Wildman–Crippen LogP) is 5.27. The highest BCUT2D eigenvalue weighted by molar-refractivity contribution is 5.91. The van der Waals surface area contributed by atoms with Crippen LogP contribution in [-0.4, -0.2) is 22.6 Å². The number of aromatic nitrogens is 2. The summed E-state index contributed by atoms with van der Waals surface area (Å²) in [4.78, 5) is 16.8. The van der Waals surface area contributed by atoms with Gasteiger partial charge >= 0.3 is 5.97 Å². The van der Waals surface area contributed by atoms with E-state index in [0.717, 1.165) is 16.9 Å². The number of carbonyl (C=O) groups excluding carboxylic acids is 1. The van der Waals surface area contributed by atoms with Crippen LogP contribution < -0.4 is 9.47 Å². The second-order valence-corrected chi connectivity index (χ2v) is 6.52. The Morgan fingerprint density at radius 1 is 0.900 bits per heavy atom. The molecule has 30 heavy (non-hydrogen) atoms. The number of hydrogen-bond acceptors (Lipinski definition) is 4. The molecule has 5 nitrogen and oxygen atoms in total. The van der Waals surface area contributed by atoms with Crippen LogP contribution >= 0.6 is 0 Å². The average molecular weight is 396 g/mol. The Morgan fingerprint density at radius 3 is 2.40 bits per heavy atom. The largest absolute Gasteiger partial charge is 0.493 e. The van der Waals surface area contributed by atoms with E-state index in [1.807, 2.05) is 83.7 Å². The van der Waals surface area contributed by atoms with Gasteiger partial charge in [0, 0.05) is 24.3 Å². The molecule has 0 amide bonds. The normalized spacial score (nSPS) is 10.8. The van der Waals surface area contributed by atoms with Crippen LogP contribution in [0.2, 0.25) is 0 Å². The summed E-state index contributed by atoms with van der Waals surface area (Å²) in [7, 11) is 1.55.